The normalized spacial score (nSPS) is 12.1. The number of hydrogen-bond acceptors (Lipinski definition) is 2. The molecule has 0 aliphatic carbocycles. The average molecular weight is 741 g/mol. The Hall–Kier alpha value is -7.82. The van der Waals surface area contributed by atoms with E-state index in [2.05, 4.69) is 179 Å². The van der Waals surface area contributed by atoms with E-state index in [-0.39, 0.29) is 0 Å². The maximum atomic E-state index is 6.30. The quantitative estimate of drug-likeness (QED) is 0.180. The summed E-state index contributed by atoms with van der Waals surface area (Å²) in [6.45, 7) is 0. The topological polar surface area (TPSA) is 36.1 Å². The van der Waals surface area contributed by atoms with Crippen molar-refractivity contribution in [2.75, 3.05) is 0 Å². The van der Waals surface area contributed by atoms with Crippen molar-refractivity contribution in [3.63, 3.8) is 0 Å². The zero-order valence-corrected chi connectivity index (χ0v) is 31.2. The Morgan fingerprint density at radius 3 is 1.41 bits per heavy atom. The van der Waals surface area contributed by atoms with Crippen LogP contribution in [-0.4, -0.2) is 9.13 Å². The van der Waals surface area contributed by atoms with Gasteiger partial charge in [0.25, 0.3) is 0 Å². The van der Waals surface area contributed by atoms with Crippen molar-refractivity contribution in [3.8, 4) is 33.6 Å². The third-order valence-electron chi connectivity index (χ3n) is 12.1. The molecule has 0 amide bonds. The first-order valence-corrected chi connectivity index (χ1v) is 19.7. The first-order valence-electron chi connectivity index (χ1n) is 19.7. The summed E-state index contributed by atoms with van der Waals surface area (Å²) >= 11 is 0. The molecule has 0 radical (unpaired) electrons. The summed E-state index contributed by atoms with van der Waals surface area (Å²) in [5.74, 6) is 0. The lowest BCUT2D eigenvalue weighted by Gasteiger charge is -2.14. The number of nitrogens with zero attached hydrogens (tertiary/aromatic N) is 2. The highest BCUT2D eigenvalue weighted by atomic mass is 16.3. The van der Waals surface area contributed by atoms with E-state index in [1.54, 1.807) is 0 Å². The first kappa shape index (κ1) is 31.4. The second-order valence-corrected chi connectivity index (χ2v) is 15.3. The van der Waals surface area contributed by atoms with Crippen molar-refractivity contribution >= 4 is 87.5 Å². The summed E-state index contributed by atoms with van der Waals surface area (Å²) in [4.78, 5) is 0. The third-order valence-corrected chi connectivity index (χ3v) is 12.1. The molecule has 0 aliphatic heterocycles. The van der Waals surface area contributed by atoms with Crippen LogP contribution in [0.15, 0.2) is 203 Å². The van der Waals surface area contributed by atoms with Crippen LogP contribution in [-0.2, 0) is 0 Å². The van der Waals surface area contributed by atoms with Gasteiger partial charge in [0.15, 0.2) is 0 Å². The van der Waals surface area contributed by atoms with E-state index in [0.717, 1.165) is 71.9 Å². The molecule has 0 saturated carbocycles. The molecule has 270 valence electrons. The van der Waals surface area contributed by atoms with E-state index in [4.69, 9.17) is 8.83 Å². The lowest BCUT2D eigenvalue weighted by Crippen LogP contribution is -1.95. The van der Waals surface area contributed by atoms with Gasteiger partial charge in [-0.1, -0.05) is 103 Å². The van der Waals surface area contributed by atoms with Gasteiger partial charge >= 0.3 is 0 Å². The smallest absolute Gasteiger partial charge is 0.135 e. The van der Waals surface area contributed by atoms with Gasteiger partial charge in [-0.2, -0.15) is 0 Å². The van der Waals surface area contributed by atoms with E-state index < -0.39 is 0 Å². The SMILES string of the molecule is c1ccc(-n2c3ccccc3c3cc(-c4ccc5oc6ccccc6c5c4)c(-c4ccc5c(c4)c4ccccc4n5-c4ccc5oc6ccccc6c5c4)cc32)cc1. The zero-order valence-electron chi connectivity index (χ0n) is 31.2. The van der Waals surface area contributed by atoms with E-state index in [0.29, 0.717) is 0 Å². The van der Waals surface area contributed by atoms with Crippen LogP contribution < -0.4 is 0 Å². The molecule has 13 aromatic rings. The van der Waals surface area contributed by atoms with Gasteiger partial charge in [-0.3, -0.25) is 0 Å². The van der Waals surface area contributed by atoms with E-state index in [1.807, 2.05) is 24.3 Å². The van der Waals surface area contributed by atoms with Gasteiger partial charge in [0.2, 0.25) is 0 Å². The largest absolute Gasteiger partial charge is 0.456 e. The Morgan fingerprint density at radius 1 is 0.259 bits per heavy atom. The Labute approximate surface area is 332 Å². The van der Waals surface area contributed by atoms with E-state index in [9.17, 15) is 0 Å². The molecule has 4 aromatic heterocycles. The van der Waals surface area contributed by atoms with E-state index in [1.165, 1.54) is 49.2 Å². The number of hydrogen-bond donors (Lipinski definition) is 0. The van der Waals surface area contributed by atoms with Gasteiger partial charge < -0.3 is 18.0 Å². The van der Waals surface area contributed by atoms with Crippen LogP contribution in [0.1, 0.15) is 0 Å². The van der Waals surface area contributed by atoms with Gasteiger partial charge in [0, 0.05) is 54.5 Å². The highest BCUT2D eigenvalue weighted by molar-refractivity contribution is 6.15. The molecule has 4 heterocycles. The molecule has 58 heavy (non-hydrogen) atoms. The van der Waals surface area contributed by atoms with Crippen LogP contribution in [0.5, 0.6) is 0 Å². The number of para-hydroxylation sites is 5. The predicted octanol–water partition coefficient (Wildman–Crippen LogP) is 15.0. The number of aromatic nitrogens is 2. The van der Waals surface area contributed by atoms with E-state index >= 15 is 0 Å². The molecule has 4 heteroatoms. The molecular weight excluding hydrogens is 709 g/mol. The second-order valence-electron chi connectivity index (χ2n) is 15.3. The Balaban J connectivity index is 1.09. The minimum absolute atomic E-state index is 0.893. The fourth-order valence-corrected chi connectivity index (χ4v) is 9.51. The van der Waals surface area contributed by atoms with Crippen molar-refractivity contribution in [1.29, 1.82) is 0 Å². The molecule has 0 atom stereocenters. The van der Waals surface area contributed by atoms with Crippen LogP contribution in [0.3, 0.4) is 0 Å². The fourth-order valence-electron chi connectivity index (χ4n) is 9.51. The van der Waals surface area contributed by atoms with Gasteiger partial charge in [0.05, 0.1) is 22.1 Å². The number of furan rings is 2. The first-order chi connectivity index (χ1) is 28.7. The summed E-state index contributed by atoms with van der Waals surface area (Å²) in [6.07, 6.45) is 0. The van der Waals surface area contributed by atoms with Crippen LogP contribution in [0, 0.1) is 0 Å². The maximum absolute atomic E-state index is 6.30. The minimum atomic E-state index is 0.893. The number of rotatable bonds is 4. The maximum Gasteiger partial charge on any atom is 0.135 e. The molecule has 4 nitrogen and oxygen atoms in total. The summed E-state index contributed by atoms with van der Waals surface area (Å²) < 4.78 is 17.3. The standard InChI is InChI=1S/C54H32N2O2/c1-2-12-35(13-3-1)55-47-18-8-5-15-38(47)44-31-41(34-23-26-53-45(29-34)39-16-6-10-20-51(39)57-53)42(32-50(44)55)33-22-25-49-43(28-33)37-14-4-9-19-48(37)56(49)36-24-27-54-46(30-36)40-17-7-11-21-52(40)58-54/h1-32H. The number of fused-ring (bicyclic) bond motifs is 12. The van der Waals surface area contributed by atoms with Crippen LogP contribution in [0.2, 0.25) is 0 Å². The third kappa shape index (κ3) is 4.45. The van der Waals surface area contributed by atoms with Crippen molar-refractivity contribution in [1.82, 2.24) is 9.13 Å². The van der Waals surface area contributed by atoms with Gasteiger partial charge in [-0.05, 0) is 113 Å². The molecule has 0 saturated heterocycles. The molecule has 9 aromatic carbocycles. The highest BCUT2D eigenvalue weighted by Crippen LogP contribution is 2.44. The van der Waals surface area contributed by atoms with Crippen molar-refractivity contribution in [3.05, 3.63) is 194 Å². The molecule has 0 aliphatic rings. The molecule has 0 N–H and O–H groups in total. The monoisotopic (exact) mass is 740 g/mol. The molecule has 0 bridgehead atoms. The molecule has 0 spiro atoms. The summed E-state index contributed by atoms with van der Waals surface area (Å²) in [7, 11) is 0. The predicted molar refractivity (Wildman–Crippen MR) is 241 cm³/mol. The Morgan fingerprint density at radius 2 is 0.724 bits per heavy atom. The van der Waals surface area contributed by atoms with Gasteiger partial charge in [0.1, 0.15) is 22.3 Å². The lowest BCUT2D eigenvalue weighted by atomic mass is 9.91. The van der Waals surface area contributed by atoms with Crippen LogP contribution in [0.25, 0.3) is 121 Å². The average Bonchev–Trinajstić information content (AvgIpc) is 4.03. The Bertz CT molecular complexity index is 3800. The fraction of sp³-hybridized carbons (Fsp3) is 0. The lowest BCUT2D eigenvalue weighted by molar-refractivity contribution is 0.668. The minimum Gasteiger partial charge on any atom is -0.456 e. The molecule has 0 fully saturated rings. The molecule has 0 unspecified atom stereocenters. The number of benzene rings is 9. The second kappa shape index (κ2) is 11.8. The van der Waals surface area contributed by atoms with Crippen molar-refractivity contribution in [2.24, 2.45) is 0 Å². The van der Waals surface area contributed by atoms with Gasteiger partial charge in [-0.15, -0.1) is 0 Å². The van der Waals surface area contributed by atoms with Gasteiger partial charge in [-0.25, -0.2) is 0 Å². The van der Waals surface area contributed by atoms with Crippen LogP contribution in [0.4, 0.5) is 0 Å². The van der Waals surface area contributed by atoms with Crippen molar-refractivity contribution < 1.29 is 8.83 Å². The molecule has 13 rings (SSSR count). The summed E-state index contributed by atoms with van der Waals surface area (Å²) in [6, 6.07) is 69.8. The highest BCUT2D eigenvalue weighted by Gasteiger charge is 2.21. The summed E-state index contributed by atoms with van der Waals surface area (Å²) in [5, 5.41) is 9.34. The molecular formula is C54H32N2O2. The zero-order chi connectivity index (χ0) is 37.9. The Kier molecular flexibility index (Phi) is 6.41. The van der Waals surface area contributed by atoms with Crippen molar-refractivity contribution in [2.45, 2.75) is 0 Å². The summed E-state index contributed by atoms with van der Waals surface area (Å²) in [5.41, 5.74) is 15.2. The van der Waals surface area contributed by atoms with Crippen LogP contribution >= 0.6 is 0 Å².